The summed E-state index contributed by atoms with van der Waals surface area (Å²) in [6.45, 7) is 0.206. The number of amides is 1. The summed E-state index contributed by atoms with van der Waals surface area (Å²) >= 11 is 5.99. The highest BCUT2D eigenvalue weighted by atomic mass is 35.5. The Labute approximate surface area is 156 Å². The van der Waals surface area contributed by atoms with Crippen LogP contribution < -0.4 is 10.6 Å². The third-order valence-corrected chi connectivity index (χ3v) is 4.23. The van der Waals surface area contributed by atoms with Crippen molar-refractivity contribution in [3.05, 3.63) is 88.8 Å². The SMILES string of the molecule is N#Cc1ccc(NC(=O)C[NH2+][C@H](c2ccccc2)c2ccco2)cc1Cl. The predicted octanol–water partition coefficient (Wildman–Crippen LogP) is 3.10. The van der Waals surface area contributed by atoms with Crippen LogP contribution in [0.4, 0.5) is 5.69 Å². The molecular formula is C20H17ClN3O2+. The highest BCUT2D eigenvalue weighted by Crippen LogP contribution is 2.20. The number of benzene rings is 2. The van der Waals surface area contributed by atoms with Crippen molar-refractivity contribution in [1.82, 2.24) is 0 Å². The third-order valence-electron chi connectivity index (χ3n) is 3.92. The van der Waals surface area contributed by atoms with Crippen LogP contribution in [-0.2, 0) is 4.79 Å². The van der Waals surface area contributed by atoms with Gasteiger partial charge in [0.1, 0.15) is 6.07 Å². The third kappa shape index (κ3) is 4.31. The van der Waals surface area contributed by atoms with Gasteiger partial charge in [0.05, 0.1) is 16.8 Å². The molecule has 0 spiro atoms. The van der Waals surface area contributed by atoms with Crippen LogP contribution in [0, 0.1) is 11.3 Å². The normalized spacial score (nSPS) is 11.5. The van der Waals surface area contributed by atoms with E-state index in [1.54, 1.807) is 24.5 Å². The van der Waals surface area contributed by atoms with Gasteiger partial charge in [-0.15, -0.1) is 0 Å². The molecule has 6 heteroatoms. The summed E-state index contributed by atoms with van der Waals surface area (Å²) < 4.78 is 5.53. The van der Waals surface area contributed by atoms with Crippen molar-refractivity contribution < 1.29 is 14.5 Å². The zero-order chi connectivity index (χ0) is 18.4. The number of carbonyl (C=O) groups is 1. The summed E-state index contributed by atoms with van der Waals surface area (Å²) in [6.07, 6.45) is 1.62. The van der Waals surface area contributed by atoms with E-state index in [0.29, 0.717) is 16.3 Å². The number of rotatable bonds is 6. The van der Waals surface area contributed by atoms with E-state index in [-0.39, 0.29) is 18.5 Å². The summed E-state index contributed by atoms with van der Waals surface area (Å²) in [7, 11) is 0. The number of carbonyl (C=O) groups excluding carboxylic acids is 1. The second-order valence-corrected chi connectivity index (χ2v) is 6.11. The van der Waals surface area contributed by atoms with Gasteiger partial charge in [0.2, 0.25) is 0 Å². The van der Waals surface area contributed by atoms with Crippen LogP contribution in [0.5, 0.6) is 0 Å². The average Bonchev–Trinajstić information content (AvgIpc) is 3.17. The number of nitriles is 1. The molecule has 130 valence electrons. The monoisotopic (exact) mass is 366 g/mol. The number of hydrogen-bond donors (Lipinski definition) is 2. The lowest BCUT2D eigenvalue weighted by atomic mass is 10.0. The largest absolute Gasteiger partial charge is 0.463 e. The van der Waals surface area contributed by atoms with Crippen LogP contribution in [0.1, 0.15) is 22.9 Å². The molecule has 5 nitrogen and oxygen atoms in total. The van der Waals surface area contributed by atoms with Gasteiger partial charge in [0.15, 0.2) is 18.3 Å². The van der Waals surface area contributed by atoms with Gasteiger partial charge in [-0.25, -0.2) is 0 Å². The first-order valence-corrected chi connectivity index (χ1v) is 8.46. The number of anilines is 1. The molecule has 1 aromatic heterocycles. The Hall–Kier alpha value is -3.07. The molecule has 3 rings (SSSR count). The number of nitrogens with two attached hydrogens (primary N) is 1. The standard InChI is InChI=1S/C20H16ClN3O2/c21-17-11-16(9-8-15(17)12-22)24-19(25)13-23-20(18-7-4-10-26-18)14-5-2-1-3-6-14/h1-11,20,23H,13H2,(H,24,25)/p+1/t20-/m1/s1. The van der Waals surface area contributed by atoms with E-state index in [2.05, 4.69) is 5.32 Å². The highest BCUT2D eigenvalue weighted by molar-refractivity contribution is 6.32. The molecule has 26 heavy (non-hydrogen) atoms. The Morgan fingerprint density at radius 1 is 1.19 bits per heavy atom. The smallest absolute Gasteiger partial charge is 0.279 e. The van der Waals surface area contributed by atoms with Gasteiger partial charge >= 0.3 is 0 Å². The van der Waals surface area contributed by atoms with Gasteiger partial charge < -0.3 is 15.1 Å². The lowest BCUT2D eigenvalue weighted by molar-refractivity contribution is -0.678. The Bertz CT molecular complexity index is 918. The molecule has 0 aliphatic heterocycles. The van der Waals surface area contributed by atoms with Crippen molar-refractivity contribution in [2.75, 3.05) is 11.9 Å². The molecule has 1 atom stereocenters. The zero-order valence-corrected chi connectivity index (χ0v) is 14.6. The Kier molecular flexibility index (Phi) is 5.69. The predicted molar refractivity (Wildman–Crippen MR) is 98.6 cm³/mol. The van der Waals surface area contributed by atoms with Crippen LogP contribution in [0.25, 0.3) is 0 Å². The van der Waals surface area contributed by atoms with E-state index in [1.807, 2.05) is 53.9 Å². The molecule has 0 aliphatic carbocycles. The minimum absolute atomic E-state index is 0.110. The number of quaternary nitrogens is 1. The van der Waals surface area contributed by atoms with Crippen molar-refractivity contribution in [3.8, 4) is 6.07 Å². The second kappa shape index (κ2) is 8.34. The molecule has 3 N–H and O–H groups in total. The van der Waals surface area contributed by atoms with Gasteiger partial charge in [-0.1, -0.05) is 41.9 Å². The minimum Gasteiger partial charge on any atom is -0.463 e. The quantitative estimate of drug-likeness (QED) is 0.703. The number of furan rings is 1. The van der Waals surface area contributed by atoms with Crippen LogP contribution in [0.15, 0.2) is 71.3 Å². The first kappa shape index (κ1) is 17.7. The Morgan fingerprint density at radius 3 is 2.65 bits per heavy atom. The van der Waals surface area contributed by atoms with E-state index >= 15 is 0 Å². The van der Waals surface area contributed by atoms with Crippen LogP contribution in [0.3, 0.4) is 0 Å². The average molecular weight is 367 g/mol. The highest BCUT2D eigenvalue weighted by Gasteiger charge is 2.21. The second-order valence-electron chi connectivity index (χ2n) is 5.70. The van der Waals surface area contributed by atoms with Crippen LogP contribution in [0.2, 0.25) is 5.02 Å². The van der Waals surface area contributed by atoms with Crippen molar-refractivity contribution in [2.24, 2.45) is 0 Å². The lowest BCUT2D eigenvalue weighted by Gasteiger charge is -2.14. The maximum Gasteiger partial charge on any atom is 0.279 e. The molecule has 0 fully saturated rings. The van der Waals surface area contributed by atoms with Crippen molar-refractivity contribution in [3.63, 3.8) is 0 Å². The molecular weight excluding hydrogens is 350 g/mol. The fourth-order valence-corrected chi connectivity index (χ4v) is 2.89. The van der Waals surface area contributed by atoms with E-state index in [0.717, 1.165) is 11.3 Å². The number of nitrogens with zero attached hydrogens (tertiary/aromatic N) is 1. The van der Waals surface area contributed by atoms with Gasteiger partial charge in [0.25, 0.3) is 5.91 Å². The fraction of sp³-hybridized carbons (Fsp3) is 0.100. The molecule has 0 aliphatic rings. The Balaban J connectivity index is 1.67. The number of halogens is 1. The maximum absolute atomic E-state index is 12.3. The van der Waals surface area contributed by atoms with Crippen molar-refractivity contribution in [1.29, 1.82) is 5.26 Å². The molecule has 0 bridgehead atoms. The van der Waals surface area contributed by atoms with E-state index in [9.17, 15) is 4.79 Å². The van der Waals surface area contributed by atoms with Gasteiger partial charge in [-0.05, 0) is 30.3 Å². The summed E-state index contributed by atoms with van der Waals surface area (Å²) in [6, 6.07) is 20.3. The summed E-state index contributed by atoms with van der Waals surface area (Å²) in [5, 5.41) is 13.9. The molecule has 0 saturated heterocycles. The van der Waals surface area contributed by atoms with Crippen molar-refractivity contribution >= 4 is 23.2 Å². The topological polar surface area (TPSA) is 82.6 Å². The van der Waals surface area contributed by atoms with E-state index in [4.69, 9.17) is 21.3 Å². The van der Waals surface area contributed by atoms with E-state index < -0.39 is 0 Å². The summed E-state index contributed by atoms with van der Waals surface area (Å²) in [5.41, 5.74) is 1.98. The van der Waals surface area contributed by atoms with Crippen LogP contribution in [-0.4, -0.2) is 12.5 Å². The fourth-order valence-electron chi connectivity index (χ4n) is 2.67. The first-order valence-electron chi connectivity index (χ1n) is 8.08. The number of hydrogen-bond acceptors (Lipinski definition) is 3. The van der Waals surface area contributed by atoms with Crippen molar-refractivity contribution in [2.45, 2.75) is 6.04 Å². The summed E-state index contributed by atoms with van der Waals surface area (Å²) in [4.78, 5) is 12.3. The molecule has 1 heterocycles. The molecule has 3 aromatic rings. The van der Waals surface area contributed by atoms with E-state index in [1.165, 1.54) is 0 Å². The minimum atomic E-state index is -0.168. The maximum atomic E-state index is 12.3. The molecule has 0 unspecified atom stereocenters. The zero-order valence-electron chi connectivity index (χ0n) is 13.9. The lowest BCUT2D eigenvalue weighted by Crippen LogP contribution is -2.87. The number of nitrogens with one attached hydrogen (secondary N) is 1. The molecule has 2 aromatic carbocycles. The molecule has 1 amide bonds. The van der Waals surface area contributed by atoms with Crippen LogP contribution >= 0.6 is 11.6 Å². The van der Waals surface area contributed by atoms with Gasteiger partial charge in [0, 0.05) is 11.3 Å². The van der Waals surface area contributed by atoms with Gasteiger partial charge in [-0.3, -0.25) is 4.79 Å². The molecule has 0 radical (unpaired) electrons. The Morgan fingerprint density at radius 2 is 2.00 bits per heavy atom. The molecule has 0 saturated carbocycles. The van der Waals surface area contributed by atoms with Gasteiger partial charge in [-0.2, -0.15) is 5.26 Å². The summed E-state index contributed by atoms with van der Waals surface area (Å²) in [5.74, 6) is 0.615. The first-order chi connectivity index (χ1) is 12.7.